The van der Waals surface area contributed by atoms with E-state index in [0.29, 0.717) is 0 Å². The maximum absolute atomic E-state index is 8.49. The zero-order valence-electron chi connectivity index (χ0n) is 12.6. The molecule has 2 aromatic rings. The number of halogens is 1. The Bertz CT molecular complexity index is 492. The topological polar surface area (TPSA) is 92.2 Å². The molecule has 0 saturated heterocycles. The Labute approximate surface area is 133 Å². The van der Waals surface area contributed by atoms with E-state index in [4.69, 9.17) is 18.6 Å². The predicted molar refractivity (Wildman–Crippen MR) is 72.4 cm³/mol. The maximum atomic E-state index is 8.49. The Morgan fingerprint density at radius 1 is 0.682 bits per heavy atom. The lowest BCUT2D eigenvalue weighted by molar-refractivity contribution is -2.00. The lowest BCUT2D eigenvalue weighted by Crippen LogP contribution is -2.68. The van der Waals surface area contributed by atoms with Crippen molar-refractivity contribution in [2.45, 2.75) is 13.1 Å². The molecule has 0 N–H and O–H groups in total. The fraction of sp³-hybridized carbons (Fsp3) is 0.250. The fourth-order valence-electron chi connectivity index (χ4n) is 2.21. The van der Waals surface area contributed by atoms with Crippen molar-refractivity contribution in [3.8, 4) is 0 Å². The monoisotopic (exact) mass is 325 g/mol. The molecule has 0 aliphatic heterocycles. The first-order valence-corrected chi connectivity index (χ1v) is 7.91. The highest BCUT2D eigenvalue weighted by Gasteiger charge is 2.16. The van der Waals surface area contributed by atoms with Gasteiger partial charge in [0.1, 0.15) is 13.1 Å². The van der Waals surface area contributed by atoms with Crippen molar-refractivity contribution < 1.29 is 33.4 Å². The van der Waals surface area contributed by atoms with Gasteiger partial charge in [-0.2, -0.15) is 0 Å². The van der Waals surface area contributed by atoms with Crippen molar-refractivity contribution >= 4 is 0 Å². The normalized spacial score (nSPS) is 11.5. The molecule has 0 aliphatic carbocycles. The standard InChI is InChI=1S/C16H20N.ClHO4/c1-17(2,13-15-9-5-3-6-10-15)14-16-11-7-4-8-12-16;2-1(3,4)5/h3-12H,13-14H2,1-2H3;(H,2,3,4,5)/q+1;/p-1. The van der Waals surface area contributed by atoms with Gasteiger partial charge < -0.3 is 4.48 Å². The van der Waals surface area contributed by atoms with E-state index < -0.39 is 10.2 Å². The number of nitrogens with zero attached hydrogens (tertiary/aromatic N) is 1. The van der Waals surface area contributed by atoms with E-state index in [2.05, 4.69) is 74.8 Å². The Morgan fingerprint density at radius 2 is 0.955 bits per heavy atom. The van der Waals surface area contributed by atoms with E-state index in [0.717, 1.165) is 17.6 Å². The third-order valence-corrected chi connectivity index (χ3v) is 2.91. The maximum Gasteiger partial charge on any atom is 0.104 e. The molecule has 0 atom stereocenters. The summed E-state index contributed by atoms with van der Waals surface area (Å²) in [6.07, 6.45) is 0. The Morgan fingerprint density at radius 3 is 1.23 bits per heavy atom. The zero-order valence-corrected chi connectivity index (χ0v) is 13.4. The number of benzene rings is 2. The van der Waals surface area contributed by atoms with E-state index in [1.165, 1.54) is 11.1 Å². The van der Waals surface area contributed by atoms with E-state index in [1.807, 2.05) is 0 Å². The number of quaternary nitrogens is 1. The van der Waals surface area contributed by atoms with Gasteiger partial charge in [0.2, 0.25) is 0 Å². The van der Waals surface area contributed by atoms with E-state index in [1.54, 1.807) is 0 Å². The van der Waals surface area contributed by atoms with Crippen molar-refractivity contribution in [3.63, 3.8) is 0 Å². The summed E-state index contributed by atoms with van der Waals surface area (Å²) < 4.78 is 35.0. The quantitative estimate of drug-likeness (QED) is 0.654. The van der Waals surface area contributed by atoms with Gasteiger partial charge in [0.25, 0.3) is 0 Å². The van der Waals surface area contributed by atoms with Gasteiger partial charge in [-0.25, -0.2) is 18.6 Å². The van der Waals surface area contributed by atoms with Crippen molar-refractivity contribution in [3.05, 3.63) is 71.8 Å². The van der Waals surface area contributed by atoms with Gasteiger partial charge in [0.15, 0.2) is 0 Å². The summed E-state index contributed by atoms with van der Waals surface area (Å²) in [6.45, 7) is 2.13. The second-order valence-corrected chi connectivity index (χ2v) is 6.36. The van der Waals surface area contributed by atoms with Crippen LogP contribution in [0, 0.1) is 10.2 Å². The molecule has 5 nitrogen and oxygen atoms in total. The molecule has 0 aliphatic rings. The fourth-order valence-corrected chi connectivity index (χ4v) is 2.21. The first-order chi connectivity index (χ1) is 10.2. The SMILES string of the molecule is C[N+](C)(Cc1ccccc1)Cc1ccccc1.[O-][Cl+3]([O-])([O-])[O-]. The minimum atomic E-state index is -4.94. The van der Waals surface area contributed by atoms with Crippen LogP contribution in [0.3, 0.4) is 0 Å². The molecule has 0 heterocycles. The van der Waals surface area contributed by atoms with Gasteiger partial charge in [0, 0.05) is 11.1 Å². The molecule has 0 fully saturated rings. The molecule has 22 heavy (non-hydrogen) atoms. The van der Waals surface area contributed by atoms with Crippen LogP contribution in [0.25, 0.3) is 0 Å². The summed E-state index contributed by atoms with van der Waals surface area (Å²) in [5.74, 6) is 0. The minimum absolute atomic E-state index is 0.980. The van der Waals surface area contributed by atoms with Crippen LogP contribution in [0.2, 0.25) is 0 Å². The van der Waals surface area contributed by atoms with Crippen LogP contribution < -0.4 is 18.6 Å². The molecule has 0 spiro atoms. The summed E-state index contributed by atoms with van der Waals surface area (Å²) >= 11 is 0. The van der Waals surface area contributed by atoms with Crippen molar-refractivity contribution in [2.75, 3.05) is 14.1 Å². The van der Waals surface area contributed by atoms with Crippen LogP contribution in [0.15, 0.2) is 60.7 Å². The average Bonchev–Trinajstić information content (AvgIpc) is 2.38. The molecule has 0 saturated carbocycles. The molecular formula is C16H20ClNO4. The third-order valence-electron chi connectivity index (χ3n) is 2.91. The molecule has 2 rings (SSSR count). The predicted octanol–water partition coefficient (Wildman–Crippen LogP) is -1.29. The molecule has 0 radical (unpaired) electrons. The van der Waals surface area contributed by atoms with Crippen LogP contribution in [0.5, 0.6) is 0 Å². The summed E-state index contributed by atoms with van der Waals surface area (Å²) in [5, 5.41) is 0. The van der Waals surface area contributed by atoms with E-state index in [9.17, 15) is 0 Å². The highest BCUT2D eigenvalue weighted by atomic mass is 35.7. The van der Waals surface area contributed by atoms with Crippen molar-refractivity contribution in [1.82, 2.24) is 0 Å². The van der Waals surface area contributed by atoms with Crippen LogP contribution in [0.1, 0.15) is 11.1 Å². The van der Waals surface area contributed by atoms with Gasteiger partial charge in [-0.1, -0.05) is 60.7 Å². The van der Waals surface area contributed by atoms with Crippen LogP contribution in [-0.2, 0) is 13.1 Å². The van der Waals surface area contributed by atoms with Gasteiger partial charge in [-0.15, -0.1) is 10.2 Å². The van der Waals surface area contributed by atoms with Crippen LogP contribution >= 0.6 is 0 Å². The van der Waals surface area contributed by atoms with E-state index in [-0.39, 0.29) is 0 Å². The number of hydrogen-bond acceptors (Lipinski definition) is 4. The lowest BCUT2D eigenvalue weighted by atomic mass is 10.1. The molecule has 0 amide bonds. The first-order valence-electron chi connectivity index (χ1n) is 6.67. The van der Waals surface area contributed by atoms with Crippen LogP contribution in [-0.4, -0.2) is 18.6 Å². The smallest absolute Gasteiger partial charge is 0.104 e. The molecule has 120 valence electrons. The number of hydrogen-bond donors (Lipinski definition) is 0. The molecule has 2 aromatic carbocycles. The number of rotatable bonds is 4. The summed E-state index contributed by atoms with van der Waals surface area (Å²) in [7, 11) is -0.389. The van der Waals surface area contributed by atoms with Crippen molar-refractivity contribution in [1.29, 1.82) is 0 Å². The highest BCUT2D eigenvalue weighted by molar-refractivity contribution is 5.15. The lowest BCUT2D eigenvalue weighted by Gasteiger charge is -2.30. The van der Waals surface area contributed by atoms with Gasteiger partial charge in [0.05, 0.1) is 14.1 Å². The summed E-state index contributed by atoms with van der Waals surface area (Å²) in [4.78, 5) is 0. The Hall–Kier alpha value is -1.47. The van der Waals surface area contributed by atoms with Gasteiger partial charge >= 0.3 is 0 Å². The molecule has 6 heteroatoms. The highest BCUT2D eigenvalue weighted by Crippen LogP contribution is 2.14. The zero-order chi connectivity index (χ0) is 16.6. The minimum Gasteiger partial charge on any atom is -0.321 e. The molecule has 0 bridgehead atoms. The summed E-state index contributed by atoms with van der Waals surface area (Å²) in [6, 6.07) is 21.4. The summed E-state index contributed by atoms with van der Waals surface area (Å²) in [5.41, 5.74) is 2.79. The first kappa shape index (κ1) is 18.6. The molecule has 0 unspecified atom stereocenters. The Balaban J connectivity index is 0.000000422. The third kappa shape index (κ3) is 9.46. The van der Waals surface area contributed by atoms with E-state index >= 15 is 0 Å². The largest absolute Gasteiger partial charge is 0.321 e. The van der Waals surface area contributed by atoms with Gasteiger partial charge in [-0.3, -0.25) is 0 Å². The Kier molecular flexibility index (Phi) is 6.96. The van der Waals surface area contributed by atoms with Crippen molar-refractivity contribution in [2.24, 2.45) is 0 Å². The second-order valence-electron chi connectivity index (χ2n) is 5.60. The van der Waals surface area contributed by atoms with Crippen LogP contribution in [0.4, 0.5) is 0 Å². The molecular weight excluding hydrogens is 306 g/mol. The second kappa shape index (κ2) is 8.24. The van der Waals surface area contributed by atoms with Gasteiger partial charge in [-0.05, 0) is 0 Å². The average molecular weight is 326 g/mol. The molecule has 0 aromatic heterocycles.